The van der Waals surface area contributed by atoms with Crippen molar-refractivity contribution in [2.45, 2.75) is 0 Å². The van der Waals surface area contributed by atoms with Crippen molar-refractivity contribution in [1.82, 2.24) is 0 Å². The molecular weight excluding hydrogens is 267 g/mol. The average Bonchev–Trinajstić information content (AvgIpc) is 2.27. The third-order valence-corrected chi connectivity index (χ3v) is 2.38. The first-order valence-electron chi connectivity index (χ1n) is 4.06. The van der Waals surface area contributed by atoms with Crippen molar-refractivity contribution in [3.63, 3.8) is 0 Å². The number of hydrogen-bond acceptors (Lipinski definition) is 3. The molecule has 0 saturated carbocycles. The lowest BCUT2D eigenvalue weighted by Gasteiger charge is -2.09. The van der Waals surface area contributed by atoms with Crippen molar-refractivity contribution >= 4 is 28.0 Å². The lowest BCUT2D eigenvalue weighted by atomic mass is 10.1. The number of methoxy groups -OCH3 is 1. The summed E-state index contributed by atoms with van der Waals surface area (Å²) in [7, 11) is 1.28. The molecule has 0 radical (unpaired) electrons. The number of Topliss-reactive ketones (excluding diaryl/α,β-unsaturated/α-hetero) is 1. The van der Waals surface area contributed by atoms with Crippen LogP contribution in [0.2, 0.25) is 0 Å². The molecule has 0 heterocycles. The average molecular weight is 275 g/mol. The van der Waals surface area contributed by atoms with Crippen LogP contribution >= 0.6 is 15.9 Å². The normalized spacial score (nSPS) is 9.80. The van der Waals surface area contributed by atoms with E-state index in [1.807, 2.05) is 0 Å². The summed E-state index contributed by atoms with van der Waals surface area (Å²) in [5.74, 6) is -1.18. The van der Waals surface area contributed by atoms with E-state index in [0.717, 1.165) is 6.07 Å². The molecule has 0 atom stereocenters. The molecule has 5 heteroatoms. The number of ether oxygens (including phenoxy) is 1. The van der Waals surface area contributed by atoms with Crippen LogP contribution in [0.4, 0.5) is 4.39 Å². The highest BCUT2D eigenvalue weighted by Gasteiger charge is 2.19. The van der Waals surface area contributed by atoms with Crippen LogP contribution in [0.5, 0.6) is 5.75 Å². The lowest BCUT2D eigenvalue weighted by Crippen LogP contribution is -2.08. The largest absolute Gasteiger partial charge is 0.495 e. The zero-order chi connectivity index (χ0) is 11.4. The quantitative estimate of drug-likeness (QED) is 0.480. The molecular formula is C10H8BrFO3. The van der Waals surface area contributed by atoms with Crippen LogP contribution in [0.1, 0.15) is 20.7 Å². The molecule has 0 N–H and O–H groups in total. The first kappa shape index (κ1) is 11.8. The van der Waals surface area contributed by atoms with E-state index < -0.39 is 11.6 Å². The van der Waals surface area contributed by atoms with Gasteiger partial charge in [-0.3, -0.25) is 9.59 Å². The van der Waals surface area contributed by atoms with Crippen molar-refractivity contribution in [3.05, 3.63) is 29.1 Å². The van der Waals surface area contributed by atoms with E-state index in [0.29, 0.717) is 6.29 Å². The van der Waals surface area contributed by atoms with Gasteiger partial charge in [0.1, 0.15) is 11.6 Å². The Bertz CT molecular complexity index is 404. The first-order chi connectivity index (χ1) is 7.15. The summed E-state index contributed by atoms with van der Waals surface area (Å²) in [6.07, 6.45) is 0.517. The maximum atomic E-state index is 13.4. The van der Waals surface area contributed by atoms with Crippen molar-refractivity contribution in [2.24, 2.45) is 0 Å². The molecule has 1 rings (SSSR count). The summed E-state index contributed by atoms with van der Waals surface area (Å²) in [5, 5.41) is -0.0252. The molecule has 0 amide bonds. The summed E-state index contributed by atoms with van der Waals surface area (Å²) in [6.45, 7) is 0. The Balaban J connectivity index is 3.45. The highest BCUT2D eigenvalue weighted by Crippen LogP contribution is 2.26. The Morgan fingerprint density at radius 1 is 1.60 bits per heavy atom. The van der Waals surface area contributed by atoms with Gasteiger partial charge in [0.15, 0.2) is 12.1 Å². The Morgan fingerprint density at radius 3 is 2.73 bits per heavy atom. The summed E-state index contributed by atoms with van der Waals surface area (Å²) >= 11 is 2.94. The molecule has 0 unspecified atom stereocenters. The summed E-state index contributed by atoms with van der Waals surface area (Å²) in [6, 6.07) is 2.34. The minimum absolute atomic E-state index is 0.0190. The fourth-order valence-corrected chi connectivity index (χ4v) is 1.49. The van der Waals surface area contributed by atoms with Crippen molar-refractivity contribution in [1.29, 1.82) is 0 Å². The molecule has 15 heavy (non-hydrogen) atoms. The Kier molecular flexibility index (Phi) is 3.96. The number of rotatable bonds is 4. The first-order valence-corrected chi connectivity index (χ1v) is 5.18. The van der Waals surface area contributed by atoms with Gasteiger partial charge in [0, 0.05) is 0 Å². The highest BCUT2D eigenvalue weighted by atomic mass is 79.9. The van der Waals surface area contributed by atoms with Crippen LogP contribution in [0.3, 0.4) is 0 Å². The monoisotopic (exact) mass is 274 g/mol. The van der Waals surface area contributed by atoms with E-state index >= 15 is 0 Å². The number of aldehydes is 1. The predicted molar refractivity (Wildman–Crippen MR) is 56.5 cm³/mol. The summed E-state index contributed by atoms with van der Waals surface area (Å²) in [5.41, 5.74) is -0.0397. The van der Waals surface area contributed by atoms with Crippen LogP contribution in [-0.2, 0) is 0 Å². The Hall–Kier alpha value is -1.23. The second-order valence-corrected chi connectivity index (χ2v) is 3.28. The third kappa shape index (κ3) is 2.23. The summed E-state index contributed by atoms with van der Waals surface area (Å²) < 4.78 is 18.2. The summed E-state index contributed by atoms with van der Waals surface area (Å²) in [4.78, 5) is 22.0. The van der Waals surface area contributed by atoms with Gasteiger partial charge in [0.25, 0.3) is 0 Å². The molecule has 80 valence electrons. The van der Waals surface area contributed by atoms with E-state index in [4.69, 9.17) is 4.74 Å². The molecule has 0 saturated heterocycles. The lowest BCUT2D eigenvalue weighted by molar-refractivity contribution is 0.101. The predicted octanol–water partition coefficient (Wildman–Crippen LogP) is 2.22. The number of ketones is 1. The molecule has 0 spiro atoms. The van der Waals surface area contributed by atoms with Gasteiger partial charge in [0.05, 0.1) is 23.6 Å². The molecule has 1 aromatic rings. The molecule has 0 aliphatic carbocycles. The maximum Gasteiger partial charge on any atom is 0.180 e. The van der Waals surface area contributed by atoms with Crippen molar-refractivity contribution < 1.29 is 18.7 Å². The topological polar surface area (TPSA) is 43.4 Å². The van der Waals surface area contributed by atoms with Gasteiger partial charge in [-0.15, -0.1) is 0 Å². The number of alkyl halides is 1. The SMILES string of the molecule is COc1c(C=O)ccc(F)c1C(=O)CBr. The van der Waals surface area contributed by atoms with E-state index in [-0.39, 0.29) is 22.2 Å². The van der Waals surface area contributed by atoms with E-state index in [2.05, 4.69) is 15.9 Å². The number of hydrogen-bond donors (Lipinski definition) is 0. The molecule has 0 bridgehead atoms. The van der Waals surface area contributed by atoms with Gasteiger partial charge in [-0.25, -0.2) is 4.39 Å². The molecule has 0 aromatic heterocycles. The van der Waals surface area contributed by atoms with Gasteiger partial charge in [-0.1, -0.05) is 15.9 Å². The molecule has 3 nitrogen and oxygen atoms in total. The molecule has 0 aliphatic heterocycles. The van der Waals surface area contributed by atoms with Crippen LogP contribution < -0.4 is 4.74 Å². The van der Waals surface area contributed by atoms with E-state index in [9.17, 15) is 14.0 Å². The fraction of sp³-hybridized carbons (Fsp3) is 0.200. The fourth-order valence-electron chi connectivity index (χ4n) is 1.21. The third-order valence-electron chi connectivity index (χ3n) is 1.87. The van der Waals surface area contributed by atoms with Gasteiger partial charge in [-0.2, -0.15) is 0 Å². The van der Waals surface area contributed by atoms with Crippen LogP contribution in [0, 0.1) is 5.82 Å². The highest BCUT2D eigenvalue weighted by molar-refractivity contribution is 9.09. The number of benzene rings is 1. The van der Waals surface area contributed by atoms with Gasteiger partial charge >= 0.3 is 0 Å². The van der Waals surface area contributed by atoms with Crippen LogP contribution in [0.15, 0.2) is 12.1 Å². The van der Waals surface area contributed by atoms with Crippen molar-refractivity contribution in [3.8, 4) is 5.75 Å². The second kappa shape index (κ2) is 5.02. The minimum atomic E-state index is -0.693. The minimum Gasteiger partial charge on any atom is -0.495 e. The van der Waals surface area contributed by atoms with Gasteiger partial charge in [0.2, 0.25) is 0 Å². The number of carbonyl (C=O) groups excluding carboxylic acids is 2. The molecule has 0 fully saturated rings. The Morgan fingerprint density at radius 2 is 2.27 bits per heavy atom. The smallest absolute Gasteiger partial charge is 0.180 e. The van der Waals surface area contributed by atoms with Crippen LogP contribution in [-0.4, -0.2) is 24.5 Å². The number of carbonyl (C=O) groups is 2. The molecule has 1 aromatic carbocycles. The van der Waals surface area contributed by atoms with E-state index in [1.165, 1.54) is 13.2 Å². The number of halogens is 2. The van der Waals surface area contributed by atoms with Crippen LogP contribution in [0.25, 0.3) is 0 Å². The maximum absolute atomic E-state index is 13.4. The zero-order valence-electron chi connectivity index (χ0n) is 7.92. The second-order valence-electron chi connectivity index (χ2n) is 2.72. The van der Waals surface area contributed by atoms with Gasteiger partial charge < -0.3 is 4.74 Å². The zero-order valence-corrected chi connectivity index (χ0v) is 9.51. The standard InChI is InChI=1S/C10H8BrFO3/c1-15-10-6(5-13)2-3-7(12)9(10)8(14)4-11/h2-3,5H,4H2,1H3. The van der Waals surface area contributed by atoms with E-state index in [1.54, 1.807) is 0 Å². The Labute approximate surface area is 94.4 Å². The molecule has 0 aliphatic rings. The van der Waals surface area contributed by atoms with Crippen molar-refractivity contribution in [2.75, 3.05) is 12.4 Å². The van der Waals surface area contributed by atoms with Gasteiger partial charge in [-0.05, 0) is 12.1 Å².